The van der Waals surface area contributed by atoms with Crippen LogP contribution in [0.4, 0.5) is 8.78 Å². The van der Waals surface area contributed by atoms with Crippen molar-refractivity contribution in [3.05, 3.63) is 52.4 Å². The molecule has 0 aliphatic heterocycles. The van der Waals surface area contributed by atoms with E-state index in [0.29, 0.717) is 29.3 Å². The van der Waals surface area contributed by atoms with Crippen LogP contribution in [0.3, 0.4) is 0 Å². The Morgan fingerprint density at radius 3 is 2.59 bits per heavy atom. The summed E-state index contributed by atoms with van der Waals surface area (Å²) in [5.74, 6) is -1.71. The zero-order chi connectivity index (χ0) is 24.5. The molecule has 34 heavy (non-hydrogen) atoms. The van der Waals surface area contributed by atoms with Crippen LogP contribution in [-0.4, -0.2) is 43.3 Å². The van der Waals surface area contributed by atoms with E-state index in [0.717, 1.165) is 16.3 Å². The van der Waals surface area contributed by atoms with Crippen molar-refractivity contribution in [3.63, 3.8) is 0 Å². The fourth-order valence-corrected chi connectivity index (χ4v) is 4.40. The molecular weight excluding hydrogens is 460 g/mol. The summed E-state index contributed by atoms with van der Waals surface area (Å²) in [6.45, 7) is 7.95. The lowest BCUT2D eigenvalue weighted by Gasteiger charge is -2.35. The summed E-state index contributed by atoms with van der Waals surface area (Å²) in [6.07, 6.45) is 3.05. The van der Waals surface area contributed by atoms with Gasteiger partial charge in [-0.2, -0.15) is 4.37 Å². The van der Waals surface area contributed by atoms with Crippen molar-refractivity contribution in [1.82, 2.24) is 24.6 Å². The number of nitrogens with one attached hydrogen (secondary N) is 1. The number of carbonyl (C=O) groups is 1. The van der Waals surface area contributed by atoms with Gasteiger partial charge >= 0.3 is 0 Å². The molecule has 1 fully saturated rings. The normalized spacial score (nSPS) is 15.4. The lowest BCUT2D eigenvalue weighted by molar-refractivity contribution is -0.0901. The van der Waals surface area contributed by atoms with E-state index in [2.05, 4.69) is 24.6 Å². The van der Waals surface area contributed by atoms with Crippen molar-refractivity contribution in [2.45, 2.75) is 70.9 Å². The van der Waals surface area contributed by atoms with Crippen LogP contribution in [0.2, 0.25) is 0 Å². The quantitative estimate of drug-likeness (QED) is 0.480. The van der Waals surface area contributed by atoms with Crippen LogP contribution in [-0.2, 0) is 6.42 Å². The van der Waals surface area contributed by atoms with E-state index in [1.54, 1.807) is 12.3 Å². The maximum Gasteiger partial charge on any atom is 0.253 e. The Morgan fingerprint density at radius 1 is 1.21 bits per heavy atom. The third kappa shape index (κ3) is 5.72. The summed E-state index contributed by atoms with van der Waals surface area (Å²) in [5, 5.41) is 3.44. The number of aromatic nitrogens is 4. The molecule has 1 amide bonds. The average molecular weight is 488 g/mol. The van der Waals surface area contributed by atoms with Gasteiger partial charge in [0, 0.05) is 31.5 Å². The lowest BCUT2D eigenvalue weighted by Crippen LogP contribution is -2.50. The van der Waals surface area contributed by atoms with Gasteiger partial charge in [0.25, 0.3) is 11.8 Å². The molecule has 7 nitrogen and oxygen atoms in total. The first-order valence-electron chi connectivity index (χ1n) is 11.2. The summed E-state index contributed by atoms with van der Waals surface area (Å²) in [5.41, 5.74) is 2.74. The van der Waals surface area contributed by atoms with E-state index in [-0.39, 0.29) is 30.8 Å². The van der Waals surface area contributed by atoms with Crippen LogP contribution in [0, 0.1) is 0 Å². The fourth-order valence-electron chi connectivity index (χ4n) is 3.74. The minimum absolute atomic E-state index is 0.0692. The number of rotatable bonds is 8. The van der Waals surface area contributed by atoms with Gasteiger partial charge in [-0.3, -0.25) is 9.78 Å². The Morgan fingerprint density at radius 2 is 1.97 bits per heavy atom. The van der Waals surface area contributed by atoms with Gasteiger partial charge in [0.2, 0.25) is 0 Å². The van der Waals surface area contributed by atoms with Crippen LogP contribution >= 0.6 is 11.5 Å². The first-order valence-corrected chi connectivity index (χ1v) is 12.0. The molecule has 3 aromatic heterocycles. The van der Waals surface area contributed by atoms with Crippen LogP contribution in [0.5, 0.6) is 5.75 Å². The molecule has 0 radical (unpaired) electrons. The number of hydrogen-bond donors (Lipinski definition) is 1. The first-order chi connectivity index (χ1) is 16.1. The van der Waals surface area contributed by atoms with Crippen molar-refractivity contribution in [2.24, 2.45) is 0 Å². The van der Waals surface area contributed by atoms with Crippen LogP contribution < -0.4 is 10.1 Å². The van der Waals surface area contributed by atoms with Gasteiger partial charge in [0.05, 0.1) is 23.6 Å². The number of amides is 1. The molecule has 0 saturated heterocycles. The summed E-state index contributed by atoms with van der Waals surface area (Å²) in [7, 11) is 0. The van der Waals surface area contributed by atoms with Crippen molar-refractivity contribution in [2.75, 3.05) is 0 Å². The zero-order valence-electron chi connectivity index (χ0n) is 19.5. The predicted octanol–water partition coefficient (Wildman–Crippen LogP) is 5.02. The Labute approximate surface area is 201 Å². The second-order valence-electron chi connectivity index (χ2n) is 9.08. The molecule has 0 spiro atoms. The molecule has 1 saturated carbocycles. The molecule has 180 valence electrons. The SMILES string of the molecule is CC(C)Oc1ccc(-c2nsc(Cc3ncc(C(=O)NC4CC(F)(F)C4)cc3C(C)C)n2)nc1. The highest BCUT2D eigenvalue weighted by Gasteiger charge is 2.46. The van der Waals surface area contributed by atoms with Crippen molar-refractivity contribution < 1.29 is 18.3 Å². The van der Waals surface area contributed by atoms with Gasteiger partial charge in [0.15, 0.2) is 5.82 Å². The van der Waals surface area contributed by atoms with Gasteiger partial charge < -0.3 is 10.1 Å². The van der Waals surface area contributed by atoms with Gasteiger partial charge in [-0.05, 0) is 55.1 Å². The lowest BCUT2D eigenvalue weighted by atomic mass is 9.88. The van der Waals surface area contributed by atoms with Crippen LogP contribution in [0.1, 0.15) is 73.1 Å². The molecule has 0 unspecified atom stereocenters. The smallest absolute Gasteiger partial charge is 0.253 e. The molecule has 1 N–H and O–H groups in total. The average Bonchev–Trinajstić information content (AvgIpc) is 3.21. The summed E-state index contributed by atoms with van der Waals surface area (Å²) in [4.78, 5) is 26.0. The molecule has 4 rings (SSSR count). The molecule has 1 aliphatic carbocycles. The summed E-state index contributed by atoms with van der Waals surface area (Å²) < 4.78 is 36.2. The summed E-state index contributed by atoms with van der Waals surface area (Å²) in [6, 6.07) is 4.96. The van der Waals surface area contributed by atoms with Gasteiger partial charge in [-0.15, -0.1) is 0 Å². The number of carbonyl (C=O) groups excluding carboxylic acids is 1. The minimum atomic E-state index is -2.68. The maximum atomic E-state index is 13.1. The number of ether oxygens (including phenoxy) is 1. The molecule has 0 atom stereocenters. The van der Waals surface area contributed by atoms with Gasteiger partial charge in [-0.1, -0.05) is 13.8 Å². The Bertz CT molecular complexity index is 1160. The molecule has 3 heterocycles. The van der Waals surface area contributed by atoms with Crippen LogP contribution in [0.25, 0.3) is 11.5 Å². The number of halogens is 2. The van der Waals surface area contributed by atoms with E-state index in [1.807, 2.05) is 39.8 Å². The second kappa shape index (κ2) is 9.69. The third-order valence-corrected chi connectivity index (χ3v) is 6.15. The second-order valence-corrected chi connectivity index (χ2v) is 9.92. The highest BCUT2D eigenvalue weighted by atomic mass is 32.1. The Hall–Kier alpha value is -3.01. The third-order valence-electron chi connectivity index (χ3n) is 5.44. The van der Waals surface area contributed by atoms with Gasteiger partial charge in [-0.25, -0.2) is 18.7 Å². The van der Waals surface area contributed by atoms with Crippen molar-refractivity contribution in [3.8, 4) is 17.3 Å². The van der Waals surface area contributed by atoms with E-state index >= 15 is 0 Å². The van der Waals surface area contributed by atoms with E-state index in [4.69, 9.17) is 4.74 Å². The fraction of sp³-hybridized carbons (Fsp3) is 0.458. The largest absolute Gasteiger partial charge is 0.489 e. The zero-order valence-corrected chi connectivity index (χ0v) is 20.3. The van der Waals surface area contributed by atoms with Gasteiger partial charge in [0.1, 0.15) is 16.5 Å². The molecule has 0 bridgehead atoms. The Kier molecular flexibility index (Phi) is 6.88. The van der Waals surface area contributed by atoms with Crippen molar-refractivity contribution in [1.29, 1.82) is 0 Å². The maximum absolute atomic E-state index is 13.1. The monoisotopic (exact) mass is 487 g/mol. The van der Waals surface area contributed by atoms with E-state index < -0.39 is 12.0 Å². The highest BCUT2D eigenvalue weighted by molar-refractivity contribution is 7.05. The molecule has 10 heteroatoms. The topological polar surface area (TPSA) is 89.9 Å². The highest BCUT2D eigenvalue weighted by Crippen LogP contribution is 2.37. The molecular formula is C24H27F2N5O2S. The molecule has 3 aromatic rings. The Balaban J connectivity index is 1.46. The predicted molar refractivity (Wildman–Crippen MR) is 125 cm³/mol. The number of nitrogens with zero attached hydrogens (tertiary/aromatic N) is 4. The summed E-state index contributed by atoms with van der Waals surface area (Å²) >= 11 is 1.28. The standard InChI is InChI=1S/C24H27F2N5O2S/c1-13(2)18-7-15(23(32)29-16-9-24(25,26)10-16)11-27-20(18)8-21-30-22(31-34-21)19-6-5-17(12-28-19)33-14(3)4/h5-7,11-14,16H,8-10H2,1-4H3,(H,29,32). The molecule has 1 aliphatic rings. The van der Waals surface area contributed by atoms with Crippen LogP contribution in [0.15, 0.2) is 30.6 Å². The number of hydrogen-bond acceptors (Lipinski definition) is 7. The first kappa shape index (κ1) is 24.1. The number of pyridine rings is 2. The number of alkyl halides is 2. The van der Waals surface area contributed by atoms with E-state index in [1.165, 1.54) is 17.7 Å². The molecule has 0 aromatic carbocycles. The minimum Gasteiger partial charge on any atom is -0.489 e. The van der Waals surface area contributed by atoms with Crippen molar-refractivity contribution >= 4 is 17.4 Å². The van der Waals surface area contributed by atoms with E-state index in [9.17, 15) is 13.6 Å².